The van der Waals surface area contributed by atoms with Crippen LogP contribution in [0.3, 0.4) is 0 Å². The zero-order valence-electron chi connectivity index (χ0n) is 15.4. The molecule has 8 heteroatoms. The fourth-order valence-corrected chi connectivity index (χ4v) is 3.38. The molecule has 0 amide bonds. The Morgan fingerprint density at radius 1 is 1.04 bits per heavy atom. The van der Waals surface area contributed by atoms with Gasteiger partial charge in [-0.1, -0.05) is 23.9 Å². The zero-order chi connectivity index (χ0) is 19.3. The number of aromatic nitrogens is 4. The van der Waals surface area contributed by atoms with Crippen LogP contribution in [0.25, 0.3) is 17.1 Å². The monoisotopic (exact) mass is 394 g/mol. The van der Waals surface area contributed by atoms with Gasteiger partial charge in [0.1, 0.15) is 11.5 Å². The van der Waals surface area contributed by atoms with Gasteiger partial charge in [0.05, 0.1) is 25.5 Å². The highest BCUT2D eigenvalue weighted by Crippen LogP contribution is 2.34. The third-order valence-corrected chi connectivity index (χ3v) is 5.00. The molecule has 7 nitrogen and oxygen atoms in total. The third kappa shape index (κ3) is 3.86. The average Bonchev–Trinajstić information content (AvgIpc) is 3.44. The van der Waals surface area contributed by atoms with Gasteiger partial charge in [0.15, 0.2) is 0 Å². The molecule has 0 saturated heterocycles. The molecule has 4 rings (SSSR count). The normalized spacial score (nSPS) is 10.8. The second kappa shape index (κ2) is 8.18. The molecule has 2 aromatic carbocycles. The van der Waals surface area contributed by atoms with Crippen molar-refractivity contribution in [2.24, 2.45) is 0 Å². The molecule has 0 spiro atoms. The molecule has 0 aliphatic carbocycles. The standard InChI is InChI=1S/C20H18N4O3S/c1-25-16-8-9-17(18(12-16)26-2)19-22-23-20(27-19)28-13-14-4-6-15(7-5-14)24-11-3-10-21-24/h3-12H,13H2,1-2H3. The second-order valence-corrected chi connectivity index (χ2v) is 6.77. The molecule has 2 heterocycles. The van der Waals surface area contributed by atoms with E-state index in [1.54, 1.807) is 26.5 Å². The quantitative estimate of drug-likeness (QED) is 0.434. The Morgan fingerprint density at radius 3 is 2.61 bits per heavy atom. The van der Waals surface area contributed by atoms with Crippen LogP contribution in [0.5, 0.6) is 11.5 Å². The number of thioether (sulfide) groups is 1. The van der Waals surface area contributed by atoms with Crippen LogP contribution in [0, 0.1) is 0 Å². The maximum atomic E-state index is 5.80. The molecule has 0 bridgehead atoms. The van der Waals surface area contributed by atoms with Gasteiger partial charge in [0, 0.05) is 24.2 Å². The van der Waals surface area contributed by atoms with Crippen LogP contribution in [-0.2, 0) is 5.75 Å². The van der Waals surface area contributed by atoms with Crippen LogP contribution in [0.2, 0.25) is 0 Å². The Kier molecular flexibility index (Phi) is 5.29. The van der Waals surface area contributed by atoms with E-state index in [1.165, 1.54) is 11.8 Å². The van der Waals surface area contributed by atoms with Crippen molar-refractivity contribution in [3.63, 3.8) is 0 Å². The van der Waals surface area contributed by atoms with Gasteiger partial charge < -0.3 is 13.9 Å². The highest BCUT2D eigenvalue weighted by Gasteiger charge is 2.15. The predicted octanol–water partition coefficient (Wildman–Crippen LogP) is 4.23. The van der Waals surface area contributed by atoms with Gasteiger partial charge in [-0.3, -0.25) is 0 Å². The van der Waals surface area contributed by atoms with Gasteiger partial charge >= 0.3 is 0 Å². The summed E-state index contributed by atoms with van der Waals surface area (Å²) in [5.41, 5.74) is 2.90. The van der Waals surface area contributed by atoms with E-state index in [1.807, 2.05) is 41.2 Å². The van der Waals surface area contributed by atoms with E-state index >= 15 is 0 Å². The average molecular weight is 394 g/mol. The summed E-state index contributed by atoms with van der Waals surface area (Å²) < 4.78 is 18.2. The molecule has 0 fully saturated rings. The van der Waals surface area contributed by atoms with Gasteiger partial charge in [0.2, 0.25) is 0 Å². The second-order valence-electron chi connectivity index (χ2n) is 5.85. The minimum atomic E-state index is 0.413. The number of benzene rings is 2. The Balaban J connectivity index is 1.44. The molecule has 2 aromatic heterocycles. The van der Waals surface area contributed by atoms with E-state index in [2.05, 4.69) is 27.4 Å². The number of hydrogen-bond acceptors (Lipinski definition) is 7. The zero-order valence-corrected chi connectivity index (χ0v) is 16.2. The van der Waals surface area contributed by atoms with E-state index in [-0.39, 0.29) is 0 Å². The van der Waals surface area contributed by atoms with Gasteiger partial charge in [-0.15, -0.1) is 10.2 Å². The summed E-state index contributed by atoms with van der Waals surface area (Å²) in [5.74, 6) is 2.46. The van der Waals surface area contributed by atoms with Crippen LogP contribution in [0.4, 0.5) is 0 Å². The number of methoxy groups -OCH3 is 2. The molecule has 0 aliphatic heterocycles. The van der Waals surface area contributed by atoms with Crippen LogP contribution < -0.4 is 9.47 Å². The topological polar surface area (TPSA) is 75.2 Å². The molecular formula is C20H18N4O3S. The van der Waals surface area contributed by atoms with Crippen molar-refractivity contribution in [3.8, 4) is 28.6 Å². The summed E-state index contributed by atoms with van der Waals surface area (Å²) in [5, 5.41) is 13.0. The van der Waals surface area contributed by atoms with Gasteiger partial charge in [-0.25, -0.2) is 4.68 Å². The Morgan fingerprint density at radius 2 is 1.89 bits per heavy atom. The summed E-state index contributed by atoms with van der Waals surface area (Å²) >= 11 is 1.49. The Bertz CT molecular complexity index is 1050. The van der Waals surface area contributed by atoms with Gasteiger partial charge in [-0.2, -0.15) is 5.10 Å². The molecule has 0 saturated carbocycles. The molecule has 0 atom stereocenters. The highest BCUT2D eigenvalue weighted by atomic mass is 32.2. The maximum absolute atomic E-state index is 5.80. The molecule has 0 radical (unpaired) electrons. The molecular weight excluding hydrogens is 376 g/mol. The smallest absolute Gasteiger partial charge is 0.277 e. The van der Waals surface area contributed by atoms with Gasteiger partial charge in [-0.05, 0) is 35.9 Å². The molecule has 4 aromatic rings. The summed E-state index contributed by atoms with van der Waals surface area (Å²) in [6.07, 6.45) is 3.67. The summed E-state index contributed by atoms with van der Waals surface area (Å²) in [6, 6.07) is 15.5. The van der Waals surface area contributed by atoms with Crippen molar-refractivity contribution >= 4 is 11.8 Å². The summed E-state index contributed by atoms with van der Waals surface area (Å²) in [6.45, 7) is 0. The predicted molar refractivity (Wildman–Crippen MR) is 106 cm³/mol. The lowest BCUT2D eigenvalue weighted by molar-refractivity contribution is 0.393. The van der Waals surface area contributed by atoms with E-state index in [0.29, 0.717) is 22.6 Å². The van der Waals surface area contributed by atoms with Crippen LogP contribution in [0.1, 0.15) is 5.56 Å². The van der Waals surface area contributed by atoms with E-state index < -0.39 is 0 Å². The first-order chi connectivity index (χ1) is 13.8. The van der Waals surface area contributed by atoms with E-state index in [4.69, 9.17) is 13.9 Å². The van der Waals surface area contributed by atoms with Crippen molar-refractivity contribution in [2.45, 2.75) is 11.0 Å². The number of nitrogens with zero attached hydrogens (tertiary/aromatic N) is 4. The van der Waals surface area contributed by atoms with Crippen LogP contribution in [-0.4, -0.2) is 34.2 Å². The Labute approximate surface area is 166 Å². The van der Waals surface area contributed by atoms with E-state index in [0.717, 1.165) is 22.6 Å². The molecule has 0 N–H and O–H groups in total. The van der Waals surface area contributed by atoms with Crippen molar-refractivity contribution < 1.29 is 13.9 Å². The maximum Gasteiger partial charge on any atom is 0.277 e. The molecule has 28 heavy (non-hydrogen) atoms. The lowest BCUT2D eigenvalue weighted by Gasteiger charge is -2.07. The lowest BCUT2D eigenvalue weighted by Crippen LogP contribution is -1.93. The largest absolute Gasteiger partial charge is 0.497 e. The molecule has 142 valence electrons. The van der Waals surface area contributed by atoms with Crippen molar-refractivity contribution in [1.82, 2.24) is 20.0 Å². The highest BCUT2D eigenvalue weighted by molar-refractivity contribution is 7.98. The summed E-state index contributed by atoms with van der Waals surface area (Å²) in [7, 11) is 3.20. The Hall–Kier alpha value is -3.26. The molecule has 0 aliphatic rings. The lowest BCUT2D eigenvalue weighted by atomic mass is 10.2. The van der Waals surface area contributed by atoms with Crippen molar-refractivity contribution in [2.75, 3.05) is 14.2 Å². The van der Waals surface area contributed by atoms with Crippen molar-refractivity contribution in [1.29, 1.82) is 0 Å². The minimum absolute atomic E-state index is 0.413. The van der Waals surface area contributed by atoms with Crippen molar-refractivity contribution in [3.05, 3.63) is 66.5 Å². The molecule has 0 unspecified atom stereocenters. The third-order valence-electron chi connectivity index (χ3n) is 4.11. The number of rotatable bonds is 7. The van der Waals surface area contributed by atoms with Gasteiger partial charge in [0.25, 0.3) is 11.1 Å². The number of ether oxygens (including phenoxy) is 2. The SMILES string of the molecule is COc1ccc(-c2nnc(SCc3ccc(-n4cccn4)cc3)o2)c(OC)c1. The number of hydrogen-bond donors (Lipinski definition) is 0. The first kappa shape index (κ1) is 18.1. The van der Waals surface area contributed by atoms with E-state index in [9.17, 15) is 0 Å². The fraction of sp³-hybridized carbons (Fsp3) is 0.150. The summed E-state index contributed by atoms with van der Waals surface area (Å²) in [4.78, 5) is 0. The first-order valence-electron chi connectivity index (χ1n) is 8.54. The fourth-order valence-electron chi connectivity index (χ4n) is 2.66. The minimum Gasteiger partial charge on any atom is -0.497 e. The van der Waals surface area contributed by atoms with Crippen LogP contribution >= 0.6 is 11.8 Å². The first-order valence-corrected chi connectivity index (χ1v) is 9.53. The van der Waals surface area contributed by atoms with Crippen LogP contribution in [0.15, 0.2) is 70.6 Å².